The lowest BCUT2D eigenvalue weighted by Gasteiger charge is -2.51. The summed E-state index contributed by atoms with van der Waals surface area (Å²) in [5.74, 6) is 0.336. The molecule has 2 aliphatic rings. The molecule has 0 aliphatic carbocycles. The highest BCUT2D eigenvalue weighted by Gasteiger charge is 2.42. The molecule has 0 radical (unpaired) electrons. The highest BCUT2D eigenvalue weighted by Crippen LogP contribution is 2.41. The standard InChI is InChI=1S/C27H30ClN5O2/c1-5-19-13-33-20(14-32(19)22(6-2)17-7-9-21(28)16(3)11-17)15-35-26-25(33)24-23(31(4)27(26)34)10-8-18(12-29)30-24/h7-11,19-20,22H,5-6,13-15H2,1-4H3/t19-,20+,22?/m1/s1. The van der Waals surface area contributed by atoms with Crippen LogP contribution in [0, 0.1) is 18.3 Å². The average Bonchev–Trinajstić information content (AvgIpc) is 2.88. The molecule has 0 amide bonds. The number of pyridine rings is 2. The fourth-order valence-corrected chi connectivity index (χ4v) is 5.79. The number of piperazine rings is 1. The zero-order valence-electron chi connectivity index (χ0n) is 20.6. The summed E-state index contributed by atoms with van der Waals surface area (Å²) in [6.45, 7) is 8.51. The number of anilines is 1. The lowest BCUT2D eigenvalue weighted by molar-refractivity contribution is 0.0720. The molecular formula is C27H30ClN5O2. The number of nitrogens with zero attached hydrogens (tertiary/aromatic N) is 5. The summed E-state index contributed by atoms with van der Waals surface area (Å²) in [6, 6.07) is 12.6. The number of nitriles is 1. The molecule has 5 rings (SSSR count). The van der Waals surface area contributed by atoms with E-state index in [-0.39, 0.29) is 23.7 Å². The van der Waals surface area contributed by atoms with E-state index >= 15 is 0 Å². The smallest absolute Gasteiger partial charge is 0.295 e. The predicted octanol–water partition coefficient (Wildman–Crippen LogP) is 4.58. The molecule has 0 spiro atoms. The van der Waals surface area contributed by atoms with Crippen molar-refractivity contribution in [3.63, 3.8) is 0 Å². The second-order valence-corrected chi connectivity index (χ2v) is 9.93. The maximum Gasteiger partial charge on any atom is 0.295 e. The molecule has 1 saturated heterocycles. The van der Waals surface area contributed by atoms with E-state index in [4.69, 9.17) is 16.3 Å². The number of hydrogen-bond donors (Lipinski definition) is 0. The molecule has 2 aliphatic heterocycles. The quantitative estimate of drug-likeness (QED) is 0.531. The Bertz CT molecular complexity index is 1400. The molecule has 35 heavy (non-hydrogen) atoms. The van der Waals surface area contributed by atoms with Crippen molar-refractivity contribution in [3.8, 4) is 11.8 Å². The summed E-state index contributed by atoms with van der Waals surface area (Å²) in [4.78, 5) is 22.7. The lowest BCUT2D eigenvalue weighted by Crippen LogP contribution is -2.62. The van der Waals surface area contributed by atoms with E-state index in [1.807, 2.05) is 13.0 Å². The van der Waals surface area contributed by atoms with Gasteiger partial charge in [0.1, 0.15) is 29.6 Å². The van der Waals surface area contributed by atoms with Crippen LogP contribution < -0.4 is 15.2 Å². The molecule has 1 unspecified atom stereocenters. The van der Waals surface area contributed by atoms with Crippen LogP contribution in [0.2, 0.25) is 5.02 Å². The van der Waals surface area contributed by atoms with Crippen molar-refractivity contribution in [2.45, 2.75) is 51.7 Å². The Labute approximate surface area is 210 Å². The van der Waals surface area contributed by atoms with Crippen LogP contribution in [0.3, 0.4) is 0 Å². The minimum Gasteiger partial charge on any atom is -0.484 e. The fraction of sp³-hybridized carbons (Fsp3) is 0.444. The summed E-state index contributed by atoms with van der Waals surface area (Å²) in [7, 11) is 1.72. The average molecular weight is 492 g/mol. The molecule has 0 N–H and O–H groups in total. The second kappa shape index (κ2) is 9.18. The van der Waals surface area contributed by atoms with E-state index < -0.39 is 0 Å². The first-order valence-electron chi connectivity index (χ1n) is 12.2. The summed E-state index contributed by atoms with van der Waals surface area (Å²) in [5.41, 5.74) is 4.60. The molecule has 4 heterocycles. The van der Waals surface area contributed by atoms with Crippen LogP contribution in [0.1, 0.15) is 49.6 Å². The Morgan fingerprint density at radius 2 is 2.06 bits per heavy atom. The molecule has 8 heteroatoms. The fourth-order valence-electron chi connectivity index (χ4n) is 5.68. The van der Waals surface area contributed by atoms with Crippen molar-refractivity contribution in [3.05, 3.63) is 62.5 Å². The van der Waals surface area contributed by atoms with Crippen LogP contribution in [-0.2, 0) is 7.05 Å². The third kappa shape index (κ3) is 3.85. The van der Waals surface area contributed by atoms with Crippen molar-refractivity contribution >= 4 is 28.3 Å². The van der Waals surface area contributed by atoms with Gasteiger partial charge in [0.25, 0.3) is 5.56 Å². The van der Waals surface area contributed by atoms with Crippen LogP contribution in [-0.4, -0.2) is 46.2 Å². The topological polar surface area (TPSA) is 74.4 Å². The van der Waals surface area contributed by atoms with Crippen LogP contribution in [0.5, 0.6) is 5.75 Å². The van der Waals surface area contributed by atoms with Gasteiger partial charge >= 0.3 is 0 Å². The second-order valence-electron chi connectivity index (χ2n) is 9.53. The van der Waals surface area contributed by atoms with Crippen molar-refractivity contribution in [1.29, 1.82) is 5.26 Å². The van der Waals surface area contributed by atoms with Gasteiger partial charge in [0, 0.05) is 37.2 Å². The number of halogens is 1. The van der Waals surface area contributed by atoms with E-state index in [0.717, 1.165) is 42.2 Å². The normalized spacial score (nSPS) is 20.6. The maximum absolute atomic E-state index is 13.2. The lowest BCUT2D eigenvalue weighted by atomic mass is 9.94. The summed E-state index contributed by atoms with van der Waals surface area (Å²) < 4.78 is 7.68. The zero-order chi connectivity index (χ0) is 24.9. The summed E-state index contributed by atoms with van der Waals surface area (Å²) in [5, 5.41) is 10.3. The first-order chi connectivity index (χ1) is 16.9. The molecular weight excluding hydrogens is 462 g/mol. The Morgan fingerprint density at radius 1 is 1.26 bits per heavy atom. The van der Waals surface area contributed by atoms with E-state index in [1.165, 1.54) is 5.56 Å². The van der Waals surface area contributed by atoms with E-state index in [2.05, 4.69) is 46.8 Å². The minimum absolute atomic E-state index is 0.0793. The highest BCUT2D eigenvalue weighted by molar-refractivity contribution is 6.31. The van der Waals surface area contributed by atoms with E-state index in [1.54, 1.807) is 23.7 Å². The van der Waals surface area contributed by atoms with Gasteiger partial charge in [0.05, 0.1) is 11.6 Å². The molecule has 182 valence electrons. The SMILES string of the molecule is CCC(c1ccc(Cl)c(C)c1)N1C[C@H]2COc3c(c4nc(C#N)ccc4n(C)c3=O)N2C[C@H]1CC. The van der Waals surface area contributed by atoms with Gasteiger partial charge in [-0.25, -0.2) is 4.98 Å². The largest absolute Gasteiger partial charge is 0.484 e. The third-order valence-electron chi connectivity index (χ3n) is 7.56. The van der Waals surface area contributed by atoms with Gasteiger partial charge in [-0.05, 0) is 49.1 Å². The number of fused-ring (bicyclic) bond motifs is 5. The van der Waals surface area contributed by atoms with Gasteiger partial charge in [-0.1, -0.05) is 37.6 Å². The van der Waals surface area contributed by atoms with Crippen LogP contribution >= 0.6 is 11.6 Å². The van der Waals surface area contributed by atoms with Crippen molar-refractivity contribution in [2.75, 3.05) is 24.6 Å². The van der Waals surface area contributed by atoms with Crippen LogP contribution in [0.25, 0.3) is 11.0 Å². The Morgan fingerprint density at radius 3 is 2.74 bits per heavy atom. The molecule has 2 aromatic heterocycles. The van der Waals surface area contributed by atoms with Crippen molar-refractivity contribution in [1.82, 2.24) is 14.5 Å². The molecule has 7 nitrogen and oxygen atoms in total. The van der Waals surface area contributed by atoms with Gasteiger partial charge in [0.2, 0.25) is 5.75 Å². The number of aromatic nitrogens is 2. The molecule has 3 aromatic rings. The number of rotatable bonds is 4. The third-order valence-corrected chi connectivity index (χ3v) is 7.98. The maximum atomic E-state index is 13.2. The number of benzene rings is 1. The molecule has 0 saturated carbocycles. The number of hydrogen-bond acceptors (Lipinski definition) is 6. The van der Waals surface area contributed by atoms with Crippen LogP contribution in [0.15, 0.2) is 35.1 Å². The summed E-state index contributed by atoms with van der Waals surface area (Å²) in [6.07, 6.45) is 1.96. The van der Waals surface area contributed by atoms with E-state index in [0.29, 0.717) is 29.1 Å². The zero-order valence-corrected chi connectivity index (χ0v) is 21.3. The Balaban J connectivity index is 1.58. The van der Waals surface area contributed by atoms with Gasteiger partial charge in [-0.2, -0.15) is 5.26 Å². The van der Waals surface area contributed by atoms with E-state index in [9.17, 15) is 10.1 Å². The minimum atomic E-state index is -0.170. The Kier molecular flexibility index (Phi) is 6.20. The predicted molar refractivity (Wildman–Crippen MR) is 138 cm³/mol. The molecule has 3 atom stereocenters. The van der Waals surface area contributed by atoms with Gasteiger partial charge in [0.15, 0.2) is 0 Å². The van der Waals surface area contributed by atoms with Crippen molar-refractivity contribution < 1.29 is 4.74 Å². The highest BCUT2D eigenvalue weighted by atomic mass is 35.5. The Hall–Kier alpha value is -3.08. The van der Waals surface area contributed by atoms with Crippen molar-refractivity contribution in [2.24, 2.45) is 7.05 Å². The monoisotopic (exact) mass is 491 g/mol. The van der Waals surface area contributed by atoms with Gasteiger partial charge in [-0.15, -0.1) is 0 Å². The molecule has 1 fully saturated rings. The number of aryl methyl sites for hydroxylation is 2. The van der Waals surface area contributed by atoms with Gasteiger partial charge < -0.3 is 14.2 Å². The molecule has 1 aromatic carbocycles. The summed E-state index contributed by atoms with van der Waals surface area (Å²) >= 11 is 6.31. The number of ether oxygens (including phenoxy) is 1. The first-order valence-corrected chi connectivity index (χ1v) is 12.6. The van der Waals surface area contributed by atoms with Crippen LogP contribution in [0.4, 0.5) is 5.69 Å². The van der Waals surface area contributed by atoms with Gasteiger partial charge in [-0.3, -0.25) is 9.69 Å². The molecule has 0 bridgehead atoms. The first kappa shape index (κ1) is 23.7.